The molecule has 1 aromatic heterocycles. The van der Waals surface area contributed by atoms with E-state index in [9.17, 15) is 0 Å². The van der Waals surface area contributed by atoms with Crippen LogP contribution in [0.5, 0.6) is 0 Å². The lowest BCUT2D eigenvalue weighted by molar-refractivity contribution is -0.00731. The number of carbonyl (C=O) groups is 1. The first-order chi connectivity index (χ1) is 40.3. The average molecular weight is 996 g/mol. The van der Waals surface area contributed by atoms with Crippen LogP contribution in [0.3, 0.4) is 0 Å². The number of esters is 1. The fraction of sp³-hybridized carbons (Fsp3) is 0.0513. The van der Waals surface area contributed by atoms with E-state index in [1.807, 2.05) is 12.3 Å². The maximum absolute atomic E-state index is 16.4. The van der Waals surface area contributed by atoms with E-state index in [2.05, 4.69) is 48.5 Å². The number of fused-ring (bicyclic) bond motifs is 2. The van der Waals surface area contributed by atoms with E-state index in [1.54, 1.807) is 259 Å². The van der Waals surface area contributed by atoms with E-state index in [-0.39, 0.29) is 5.97 Å². The summed E-state index contributed by atoms with van der Waals surface area (Å²) in [4.78, 5) is 22.0. The van der Waals surface area contributed by atoms with Crippen LogP contribution in [-0.2, 0) is 22.0 Å². The number of hydrogen-bond acceptors (Lipinski definition) is 3. The first kappa shape index (κ1) is 31.4. The van der Waals surface area contributed by atoms with Crippen LogP contribution in [0.15, 0.2) is 60.8 Å². The fourth-order valence-electron chi connectivity index (χ4n) is 27.3. The summed E-state index contributed by atoms with van der Waals surface area (Å²) in [6.07, 6.45) is 2.11. The van der Waals surface area contributed by atoms with Crippen molar-refractivity contribution in [1.82, 2.24) is 4.98 Å². The van der Waals surface area contributed by atoms with Crippen LogP contribution in [-0.4, -0.2) is 11.0 Å². The maximum Gasteiger partial charge on any atom is 0.339 e. The number of benzene rings is 20. The molecule has 0 radical (unpaired) electrons. The standard InChI is InChI=1S/C78H13NO2/c80-76(15-9-3-6-12-5-1-2-8-14(12)15)81-75-74-13(7-4-10-79-74)11-77-70-62-54-44-34-26-18-16-17-20-24-22(18)30-38-32(24)42-36-28(20)29-21(17)25-23-19(16)27(26)35-41-31(23)39-33(25)43-37(29)47-46(36)58-52(42)60-50(38)56(48(54)40(30)34)64(70)66(60)72-68(58)69-59(47)53(43)61-51(39)57-49(41)55(45(35)44)63(62)71(77)65(57)67(61)73(69)78(72,75)77/h1-10,75H,11H2. The molecule has 30 aromatic carbocycles. The Morgan fingerprint density at radius 3 is 0.975 bits per heavy atom. The predicted octanol–water partition coefficient (Wildman–Crippen LogP) is 20.0. The lowest BCUT2D eigenvalue weighted by Crippen LogP contribution is -2.60. The van der Waals surface area contributed by atoms with Gasteiger partial charge in [-0.2, -0.15) is 0 Å². The lowest BCUT2D eigenvalue weighted by atomic mass is 9.42. The normalized spacial score (nSPS) is 21.8. The highest BCUT2D eigenvalue weighted by atomic mass is 16.5. The monoisotopic (exact) mass is 995 g/mol. The maximum atomic E-state index is 16.4. The first-order valence-corrected chi connectivity index (χ1v) is 29.7. The minimum atomic E-state index is -0.833. The van der Waals surface area contributed by atoms with Gasteiger partial charge >= 0.3 is 5.97 Å². The number of rotatable bonds is 2. The fourth-order valence-corrected chi connectivity index (χ4v) is 27.3. The average Bonchev–Trinajstić information content (AvgIpc) is 2.97. The molecule has 0 saturated heterocycles. The van der Waals surface area contributed by atoms with Crippen LogP contribution in [0.4, 0.5) is 0 Å². The van der Waals surface area contributed by atoms with E-state index in [0.717, 1.165) is 22.9 Å². The van der Waals surface area contributed by atoms with Crippen molar-refractivity contribution < 1.29 is 9.53 Å². The zero-order valence-electron chi connectivity index (χ0n) is 41.3. The molecule has 0 aliphatic heterocycles. The quantitative estimate of drug-likeness (QED) is 0.128. The Labute approximate surface area is 442 Å². The van der Waals surface area contributed by atoms with E-state index >= 15 is 4.79 Å². The molecule has 5 aliphatic carbocycles. The number of pyridine rings is 1. The van der Waals surface area contributed by atoms with Crippen molar-refractivity contribution in [3.05, 3.63) is 99.9 Å². The second-order valence-electron chi connectivity index (χ2n) is 28.5. The summed E-state index contributed by atoms with van der Waals surface area (Å²) >= 11 is 0. The van der Waals surface area contributed by atoms with Gasteiger partial charge in [-0.3, -0.25) is 4.98 Å². The van der Waals surface area contributed by atoms with Crippen molar-refractivity contribution in [3.63, 3.8) is 0 Å². The largest absolute Gasteiger partial charge is 0.451 e. The molecule has 342 valence electrons. The molecule has 1 heterocycles. The Bertz CT molecular complexity index is 8100. The van der Waals surface area contributed by atoms with Crippen molar-refractivity contribution in [3.8, 4) is 0 Å². The van der Waals surface area contributed by atoms with Gasteiger partial charge < -0.3 is 4.74 Å². The van der Waals surface area contributed by atoms with Gasteiger partial charge in [-0.05, 0) is 348 Å². The Morgan fingerprint density at radius 2 is 0.630 bits per heavy atom. The summed E-state index contributed by atoms with van der Waals surface area (Å²) < 4.78 is 8.02. The predicted molar refractivity (Wildman–Crippen MR) is 334 cm³/mol. The van der Waals surface area contributed by atoms with Crippen molar-refractivity contribution in [2.24, 2.45) is 0 Å². The highest BCUT2D eigenvalue weighted by molar-refractivity contribution is 6.82. The first-order valence-electron chi connectivity index (χ1n) is 29.7. The molecule has 31 aromatic rings. The van der Waals surface area contributed by atoms with Gasteiger partial charge in [0.25, 0.3) is 0 Å². The summed E-state index contributed by atoms with van der Waals surface area (Å²) in [5.41, 5.74) is 7.52. The van der Waals surface area contributed by atoms with Crippen LogP contribution >= 0.6 is 0 Å². The van der Waals surface area contributed by atoms with Crippen LogP contribution in [0.2, 0.25) is 0 Å². The topological polar surface area (TPSA) is 39.2 Å². The molecule has 1 atom stereocenters. The molecule has 0 N–H and O–H groups in total. The number of hydrogen-bond donors (Lipinski definition) is 0. The summed E-state index contributed by atoms with van der Waals surface area (Å²) in [5, 5.41) is 86.9. The van der Waals surface area contributed by atoms with E-state index < -0.39 is 16.9 Å². The molecule has 36 rings (SSSR count). The van der Waals surface area contributed by atoms with Gasteiger partial charge in [-0.15, -0.1) is 0 Å². The smallest absolute Gasteiger partial charge is 0.339 e. The van der Waals surface area contributed by atoms with Gasteiger partial charge in [0.15, 0.2) is 6.10 Å². The zero-order valence-corrected chi connectivity index (χ0v) is 41.3. The minimum Gasteiger partial charge on any atom is -0.451 e. The minimum absolute atomic E-state index is 0.247. The third-order valence-corrected chi connectivity index (χ3v) is 27.8. The second kappa shape index (κ2) is 7.50. The van der Waals surface area contributed by atoms with Crippen molar-refractivity contribution >= 4 is 308 Å². The Balaban J connectivity index is 1.01. The molecule has 0 amide bonds. The molecule has 0 fully saturated rings. The molecule has 3 nitrogen and oxygen atoms in total. The summed E-state index contributed by atoms with van der Waals surface area (Å²) in [5.74, 6) is -0.247. The molecule has 0 saturated carbocycles. The summed E-state index contributed by atoms with van der Waals surface area (Å²) in [6.45, 7) is 0. The Hall–Kier alpha value is -10.2. The molecular weight excluding hydrogens is 983 g/mol. The SMILES string of the molecule is O=C(OC1c2ncccc2CC23c4c5c6c7c8c9c(c%10c%11c2c2c4c4c%12c5c5c6c6c8c8c%13c9c9c%10c%10c%11c%11c2c2c4c4c%12c%12c5c5c6c8c6c8c%13c9c9c%10c%10c%11c2c2c4c4c%12c5c6c5c8c9c%10c2c45)C713)c1cccc2ccccc12. The number of carbonyl (C=O) groups excluding carboxylic acids is 1. The van der Waals surface area contributed by atoms with Crippen molar-refractivity contribution in [2.75, 3.05) is 0 Å². The van der Waals surface area contributed by atoms with Crippen LogP contribution in [0, 0.1) is 0 Å². The molecule has 2 spiro atoms. The molecule has 0 bridgehead atoms. The van der Waals surface area contributed by atoms with Crippen molar-refractivity contribution in [1.29, 1.82) is 0 Å². The molecular formula is C78H13NO2. The lowest BCUT2D eigenvalue weighted by Gasteiger charge is -2.59. The Morgan fingerprint density at radius 1 is 0.333 bits per heavy atom. The van der Waals surface area contributed by atoms with Gasteiger partial charge in [-0.25, -0.2) is 4.79 Å². The molecule has 3 heteroatoms. The van der Waals surface area contributed by atoms with Crippen LogP contribution in [0.25, 0.3) is 302 Å². The van der Waals surface area contributed by atoms with Crippen molar-refractivity contribution in [2.45, 2.75) is 23.4 Å². The van der Waals surface area contributed by atoms with E-state index in [0.29, 0.717) is 5.56 Å². The van der Waals surface area contributed by atoms with Gasteiger partial charge in [0.05, 0.1) is 16.7 Å². The van der Waals surface area contributed by atoms with E-state index in [4.69, 9.17) is 9.72 Å². The third kappa shape index (κ3) is 1.84. The van der Waals surface area contributed by atoms with Gasteiger partial charge in [0.2, 0.25) is 0 Å². The number of ether oxygens (including phenoxy) is 1. The second-order valence-corrected chi connectivity index (χ2v) is 28.5. The zero-order chi connectivity index (χ0) is 48.7. The molecule has 81 heavy (non-hydrogen) atoms. The van der Waals surface area contributed by atoms with Gasteiger partial charge in [0.1, 0.15) is 0 Å². The van der Waals surface area contributed by atoms with Crippen LogP contribution in [0.1, 0.15) is 50.0 Å². The Kier molecular flexibility index (Phi) is 2.91. The van der Waals surface area contributed by atoms with E-state index in [1.165, 1.54) is 59.8 Å². The van der Waals surface area contributed by atoms with Gasteiger partial charge in [0, 0.05) is 11.6 Å². The summed E-state index contributed by atoms with van der Waals surface area (Å²) in [7, 11) is 0. The highest BCUT2D eigenvalue weighted by Crippen LogP contribution is 2.86. The number of aromatic nitrogens is 1. The number of nitrogens with zero attached hydrogens (tertiary/aromatic N) is 1. The summed E-state index contributed by atoms with van der Waals surface area (Å²) in [6, 6.07) is 19.2. The van der Waals surface area contributed by atoms with Crippen LogP contribution < -0.4 is 0 Å². The highest BCUT2D eigenvalue weighted by Gasteiger charge is 2.75. The third-order valence-electron chi connectivity index (χ3n) is 27.8. The molecule has 1 unspecified atom stereocenters. The van der Waals surface area contributed by atoms with Gasteiger partial charge in [-0.1, -0.05) is 42.5 Å². The molecule has 5 aliphatic rings.